The van der Waals surface area contributed by atoms with Crippen LogP contribution in [0.4, 0.5) is 0 Å². The number of carboxylic acid groups (broad SMARTS) is 4. The summed E-state index contributed by atoms with van der Waals surface area (Å²) in [5.74, 6) is -4.10. The molecule has 0 aromatic carbocycles. The third-order valence-electron chi connectivity index (χ3n) is 1.62. The normalized spacial score (nSPS) is 9.80. The summed E-state index contributed by atoms with van der Waals surface area (Å²) in [6.45, 7) is -0.975. The van der Waals surface area contributed by atoms with Gasteiger partial charge in [0.25, 0.3) is 0 Å². The van der Waals surface area contributed by atoms with Crippen molar-refractivity contribution in [2.24, 2.45) is 0 Å². The second-order valence-electron chi connectivity index (χ2n) is 3.92. The highest BCUT2D eigenvalue weighted by Gasteiger charge is 2.07. The van der Waals surface area contributed by atoms with Crippen molar-refractivity contribution in [1.29, 1.82) is 0 Å². The molecule has 0 aliphatic carbocycles. The van der Waals surface area contributed by atoms with Crippen LogP contribution in [0, 0.1) is 0 Å². The molecule has 20 heavy (non-hydrogen) atoms. The Hall–Kier alpha value is -2.20. The Balaban J connectivity index is 0. The molecular formula is C10H18N2O8. The van der Waals surface area contributed by atoms with E-state index < -0.39 is 23.9 Å². The number of rotatable bonds is 8. The molecule has 4 N–H and O–H groups in total. The van der Waals surface area contributed by atoms with Crippen molar-refractivity contribution in [2.45, 2.75) is 0 Å². The van der Waals surface area contributed by atoms with Crippen LogP contribution in [0.3, 0.4) is 0 Å². The van der Waals surface area contributed by atoms with Crippen molar-refractivity contribution in [3.63, 3.8) is 0 Å². The van der Waals surface area contributed by atoms with Gasteiger partial charge in [-0.1, -0.05) is 0 Å². The summed E-state index contributed by atoms with van der Waals surface area (Å²) >= 11 is 0. The largest absolute Gasteiger partial charge is 0.480 e. The number of hydrogen-bond donors (Lipinski definition) is 4. The van der Waals surface area contributed by atoms with Crippen LogP contribution in [0.15, 0.2) is 0 Å². The predicted molar refractivity (Wildman–Crippen MR) is 65.5 cm³/mol. The minimum atomic E-state index is -1.02. The standard InChI is InChI=1S/2C5H9NO4/c2*1-6(2-4(7)8)3-5(9)10/h2*2-3H2,1H3,(H,7,8)(H,9,10). The summed E-state index contributed by atoms with van der Waals surface area (Å²) in [6.07, 6.45) is 0. The van der Waals surface area contributed by atoms with Gasteiger partial charge in [0.05, 0.1) is 26.2 Å². The Kier molecular flexibility index (Phi) is 10.8. The zero-order valence-electron chi connectivity index (χ0n) is 11.1. The monoisotopic (exact) mass is 294 g/mol. The van der Waals surface area contributed by atoms with Crippen molar-refractivity contribution in [1.82, 2.24) is 9.80 Å². The molecular weight excluding hydrogens is 276 g/mol. The lowest BCUT2D eigenvalue weighted by Gasteiger charge is -2.08. The Morgan fingerprint density at radius 2 is 0.750 bits per heavy atom. The van der Waals surface area contributed by atoms with Crippen LogP contribution < -0.4 is 0 Å². The van der Waals surface area contributed by atoms with Crippen LogP contribution in [-0.2, 0) is 19.2 Å². The van der Waals surface area contributed by atoms with E-state index in [4.69, 9.17) is 20.4 Å². The molecule has 0 saturated heterocycles. The van der Waals surface area contributed by atoms with Crippen molar-refractivity contribution in [3.8, 4) is 0 Å². The van der Waals surface area contributed by atoms with Gasteiger partial charge in [0, 0.05) is 0 Å². The smallest absolute Gasteiger partial charge is 0.317 e. The summed E-state index contributed by atoms with van der Waals surface area (Å²) in [5.41, 5.74) is 0. The lowest BCUT2D eigenvalue weighted by Crippen LogP contribution is -2.30. The molecule has 0 bridgehead atoms. The van der Waals surface area contributed by atoms with Crippen molar-refractivity contribution >= 4 is 23.9 Å². The molecule has 0 spiro atoms. The van der Waals surface area contributed by atoms with Crippen LogP contribution >= 0.6 is 0 Å². The first kappa shape index (κ1) is 20.1. The first-order chi connectivity index (χ1) is 9.04. The fourth-order valence-electron chi connectivity index (χ4n) is 1.04. The number of nitrogens with zero attached hydrogens (tertiary/aromatic N) is 2. The summed E-state index contributed by atoms with van der Waals surface area (Å²) in [5, 5.41) is 32.6. The van der Waals surface area contributed by atoms with Gasteiger partial charge >= 0.3 is 23.9 Å². The van der Waals surface area contributed by atoms with Gasteiger partial charge in [-0.25, -0.2) is 0 Å². The molecule has 0 atom stereocenters. The molecule has 0 saturated carbocycles. The van der Waals surface area contributed by atoms with E-state index in [1.807, 2.05) is 0 Å². The second-order valence-corrected chi connectivity index (χ2v) is 3.92. The first-order valence-corrected chi connectivity index (χ1v) is 5.28. The highest BCUT2D eigenvalue weighted by molar-refractivity contribution is 5.73. The summed E-state index contributed by atoms with van der Waals surface area (Å²) < 4.78 is 0. The lowest BCUT2D eigenvalue weighted by molar-refractivity contribution is -0.143. The highest BCUT2D eigenvalue weighted by Crippen LogP contribution is 1.80. The van der Waals surface area contributed by atoms with Gasteiger partial charge in [-0.15, -0.1) is 0 Å². The number of carbonyl (C=O) groups is 4. The van der Waals surface area contributed by atoms with Crippen molar-refractivity contribution < 1.29 is 39.6 Å². The van der Waals surface area contributed by atoms with Gasteiger partial charge < -0.3 is 20.4 Å². The van der Waals surface area contributed by atoms with Gasteiger partial charge in [-0.05, 0) is 14.1 Å². The quantitative estimate of drug-likeness (QED) is 0.401. The zero-order valence-corrected chi connectivity index (χ0v) is 11.1. The Morgan fingerprint density at radius 1 is 0.600 bits per heavy atom. The van der Waals surface area contributed by atoms with E-state index in [0.717, 1.165) is 0 Å². The third-order valence-corrected chi connectivity index (χ3v) is 1.62. The van der Waals surface area contributed by atoms with Crippen LogP contribution in [-0.4, -0.2) is 94.4 Å². The molecule has 0 amide bonds. The SMILES string of the molecule is CN(CC(=O)O)CC(=O)O.CN(CC(=O)O)CC(=O)O. The van der Waals surface area contributed by atoms with E-state index in [-0.39, 0.29) is 26.2 Å². The molecule has 0 rings (SSSR count). The molecule has 0 unspecified atom stereocenters. The summed E-state index contributed by atoms with van der Waals surface area (Å²) in [7, 11) is 2.87. The average molecular weight is 294 g/mol. The second kappa shape index (κ2) is 10.7. The van der Waals surface area contributed by atoms with Crippen LogP contribution in [0.2, 0.25) is 0 Å². The summed E-state index contributed by atoms with van der Waals surface area (Å²) in [6, 6.07) is 0. The fourth-order valence-corrected chi connectivity index (χ4v) is 1.04. The number of carboxylic acids is 4. The molecule has 0 radical (unpaired) electrons. The van der Waals surface area contributed by atoms with Gasteiger partial charge in [0.2, 0.25) is 0 Å². The Labute approximate surface area is 114 Å². The predicted octanol–water partition coefficient (Wildman–Crippen LogP) is -1.83. The minimum Gasteiger partial charge on any atom is -0.480 e. The summed E-state index contributed by atoms with van der Waals surface area (Å²) in [4.78, 5) is 42.2. The molecule has 0 heterocycles. The van der Waals surface area contributed by atoms with E-state index >= 15 is 0 Å². The van der Waals surface area contributed by atoms with Gasteiger partial charge in [-0.2, -0.15) is 0 Å². The zero-order chi connectivity index (χ0) is 16.3. The highest BCUT2D eigenvalue weighted by atomic mass is 16.4. The maximum Gasteiger partial charge on any atom is 0.317 e. The fraction of sp³-hybridized carbons (Fsp3) is 0.600. The minimum absolute atomic E-state index is 0.244. The van der Waals surface area contributed by atoms with Gasteiger partial charge in [0.15, 0.2) is 0 Å². The van der Waals surface area contributed by atoms with Crippen molar-refractivity contribution in [2.75, 3.05) is 40.3 Å². The molecule has 116 valence electrons. The Morgan fingerprint density at radius 3 is 0.850 bits per heavy atom. The lowest BCUT2D eigenvalue weighted by atomic mass is 10.5. The maximum absolute atomic E-state index is 9.96. The maximum atomic E-state index is 9.96. The van der Waals surface area contributed by atoms with E-state index in [1.54, 1.807) is 0 Å². The number of likely N-dealkylation sites (N-methyl/N-ethyl adjacent to an activating group) is 2. The first-order valence-electron chi connectivity index (χ1n) is 5.28. The van der Waals surface area contributed by atoms with Crippen LogP contribution in [0.25, 0.3) is 0 Å². The van der Waals surface area contributed by atoms with Crippen LogP contribution in [0.5, 0.6) is 0 Å². The Bertz CT molecular complexity index is 291. The van der Waals surface area contributed by atoms with E-state index in [2.05, 4.69) is 0 Å². The molecule has 0 aromatic rings. The third kappa shape index (κ3) is 18.2. The molecule has 0 aliphatic heterocycles. The molecule has 0 aromatic heterocycles. The molecule has 10 nitrogen and oxygen atoms in total. The molecule has 0 aliphatic rings. The molecule has 0 fully saturated rings. The van der Waals surface area contributed by atoms with E-state index in [9.17, 15) is 19.2 Å². The van der Waals surface area contributed by atoms with E-state index in [1.165, 1.54) is 23.9 Å². The average Bonchev–Trinajstić information content (AvgIpc) is 2.11. The van der Waals surface area contributed by atoms with Crippen LogP contribution in [0.1, 0.15) is 0 Å². The number of aliphatic carboxylic acids is 4. The van der Waals surface area contributed by atoms with Crippen molar-refractivity contribution in [3.05, 3.63) is 0 Å². The number of hydrogen-bond acceptors (Lipinski definition) is 6. The topological polar surface area (TPSA) is 156 Å². The van der Waals surface area contributed by atoms with Gasteiger partial charge in [0.1, 0.15) is 0 Å². The van der Waals surface area contributed by atoms with Gasteiger partial charge in [-0.3, -0.25) is 29.0 Å². The molecule has 10 heteroatoms. The van der Waals surface area contributed by atoms with E-state index in [0.29, 0.717) is 0 Å².